The number of rotatable bonds is 3. The van der Waals surface area contributed by atoms with Crippen molar-refractivity contribution in [1.82, 2.24) is 20.1 Å². The Morgan fingerprint density at radius 3 is 2.64 bits per heavy atom. The standard InChI is InChI=1S/C14H16Cl2N6/c1-21-4-6-22(7-5-21)14-19-13(9-17-20-14)18-12-3-2-10(15)8-11(12)16/h2-3,8-9H,4-7H2,1H3,(H,18,19,20). The first-order chi connectivity index (χ1) is 10.6. The lowest BCUT2D eigenvalue weighted by Crippen LogP contribution is -2.45. The lowest BCUT2D eigenvalue weighted by molar-refractivity contribution is 0.311. The van der Waals surface area contributed by atoms with E-state index in [1.807, 2.05) is 6.07 Å². The second-order valence-corrected chi connectivity index (χ2v) is 6.02. The molecule has 1 aromatic heterocycles. The molecule has 1 aliphatic rings. The van der Waals surface area contributed by atoms with E-state index in [1.165, 1.54) is 0 Å². The van der Waals surface area contributed by atoms with E-state index in [4.69, 9.17) is 23.2 Å². The van der Waals surface area contributed by atoms with Gasteiger partial charge in [-0.25, -0.2) is 0 Å². The number of hydrogen-bond acceptors (Lipinski definition) is 6. The van der Waals surface area contributed by atoms with Gasteiger partial charge in [-0.2, -0.15) is 10.1 Å². The lowest BCUT2D eigenvalue weighted by Gasteiger charge is -2.32. The molecule has 22 heavy (non-hydrogen) atoms. The fourth-order valence-electron chi connectivity index (χ4n) is 2.22. The van der Waals surface area contributed by atoms with Crippen molar-refractivity contribution in [2.75, 3.05) is 43.4 Å². The van der Waals surface area contributed by atoms with Crippen LogP contribution in [0.25, 0.3) is 0 Å². The van der Waals surface area contributed by atoms with Crippen LogP contribution >= 0.6 is 23.2 Å². The second-order valence-electron chi connectivity index (χ2n) is 5.18. The molecule has 8 heteroatoms. The van der Waals surface area contributed by atoms with Crippen molar-refractivity contribution in [3.63, 3.8) is 0 Å². The van der Waals surface area contributed by atoms with Crippen molar-refractivity contribution < 1.29 is 0 Å². The summed E-state index contributed by atoms with van der Waals surface area (Å²) in [4.78, 5) is 8.92. The summed E-state index contributed by atoms with van der Waals surface area (Å²) >= 11 is 12.1. The normalized spacial score (nSPS) is 15.9. The number of likely N-dealkylation sites (N-methyl/N-ethyl adjacent to an activating group) is 1. The van der Waals surface area contributed by atoms with Crippen molar-refractivity contribution in [3.8, 4) is 0 Å². The Labute approximate surface area is 139 Å². The van der Waals surface area contributed by atoms with Crippen molar-refractivity contribution in [2.24, 2.45) is 0 Å². The van der Waals surface area contributed by atoms with Crippen molar-refractivity contribution in [2.45, 2.75) is 0 Å². The molecule has 3 rings (SSSR count). The van der Waals surface area contributed by atoms with Gasteiger partial charge in [0, 0.05) is 31.2 Å². The number of halogens is 2. The van der Waals surface area contributed by atoms with Crippen LogP contribution in [-0.4, -0.2) is 53.3 Å². The fourth-order valence-corrected chi connectivity index (χ4v) is 2.68. The van der Waals surface area contributed by atoms with E-state index >= 15 is 0 Å². The predicted octanol–water partition coefficient (Wildman–Crippen LogP) is 2.67. The van der Waals surface area contributed by atoms with Gasteiger partial charge in [0.1, 0.15) is 0 Å². The van der Waals surface area contributed by atoms with Gasteiger partial charge in [-0.3, -0.25) is 0 Å². The monoisotopic (exact) mass is 338 g/mol. The molecule has 0 spiro atoms. The number of hydrogen-bond donors (Lipinski definition) is 1. The van der Waals surface area contributed by atoms with Crippen LogP contribution in [0.4, 0.5) is 17.5 Å². The third-order valence-corrected chi connectivity index (χ3v) is 4.08. The minimum Gasteiger partial charge on any atom is -0.338 e. The van der Waals surface area contributed by atoms with E-state index in [0.717, 1.165) is 31.9 Å². The van der Waals surface area contributed by atoms with Gasteiger partial charge < -0.3 is 15.1 Å². The second kappa shape index (κ2) is 6.64. The lowest BCUT2D eigenvalue weighted by atomic mass is 10.3. The first-order valence-electron chi connectivity index (χ1n) is 6.97. The summed E-state index contributed by atoms with van der Waals surface area (Å²) < 4.78 is 0. The van der Waals surface area contributed by atoms with Gasteiger partial charge in [0.25, 0.3) is 0 Å². The highest BCUT2D eigenvalue weighted by molar-refractivity contribution is 6.36. The van der Waals surface area contributed by atoms with Gasteiger partial charge in [-0.1, -0.05) is 23.2 Å². The molecule has 0 bridgehead atoms. The van der Waals surface area contributed by atoms with Crippen molar-refractivity contribution >= 4 is 40.7 Å². The molecular weight excluding hydrogens is 323 g/mol. The van der Waals surface area contributed by atoms with Crippen LogP contribution in [0.2, 0.25) is 10.0 Å². The average Bonchev–Trinajstić information content (AvgIpc) is 2.51. The zero-order chi connectivity index (χ0) is 15.5. The highest BCUT2D eigenvalue weighted by Gasteiger charge is 2.17. The third-order valence-electron chi connectivity index (χ3n) is 3.53. The fraction of sp³-hybridized carbons (Fsp3) is 0.357. The molecule has 0 unspecified atom stereocenters. The van der Waals surface area contributed by atoms with Crippen LogP contribution in [0.3, 0.4) is 0 Å². The largest absolute Gasteiger partial charge is 0.338 e. The molecular formula is C14H16Cl2N6. The number of nitrogens with zero attached hydrogens (tertiary/aromatic N) is 5. The summed E-state index contributed by atoms with van der Waals surface area (Å²) in [6.07, 6.45) is 1.57. The number of aromatic nitrogens is 3. The first-order valence-corrected chi connectivity index (χ1v) is 7.73. The molecule has 1 N–H and O–H groups in total. The minimum absolute atomic E-state index is 0.534. The quantitative estimate of drug-likeness (QED) is 0.928. The van der Waals surface area contributed by atoms with Crippen LogP contribution < -0.4 is 10.2 Å². The highest BCUT2D eigenvalue weighted by atomic mass is 35.5. The molecule has 0 atom stereocenters. The number of benzene rings is 1. The Bertz CT molecular complexity index is 658. The topological polar surface area (TPSA) is 57.2 Å². The van der Waals surface area contributed by atoms with E-state index in [-0.39, 0.29) is 0 Å². The summed E-state index contributed by atoms with van der Waals surface area (Å²) in [5, 5.41) is 12.4. The smallest absolute Gasteiger partial charge is 0.247 e. The predicted molar refractivity (Wildman–Crippen MR) is 89.3 cm³/mol. The molecule has 1 saturated heterocycles. The third kappa shape index (κ3) is 3.58. The average molecular weight is 339 g/mol. The summed E-state index contributed by atoms with van der Waals surface area (Å²) in [6.45, 7) is 3.76. The number of anilines is 3. The Morgan fingerprint density at radius 1 is 1.14 bits per heavy atom. The maximum atomic E-state index is 6.16. The Morgan fingerprint density at radius 2 is 1.91 bits per heavy atom. The van der Waals surface area contributed by atoms with Gasteiger partial charge in [0.05, 0.1) is 16.9 Å². The maximum absolute atomic E-state index is 6.16. The van der Waals surface area contributed by atoms with Crippen molar-refractivity contribution in [1.29, 1.82) is 0 Å². The van der Waals surface area contributed by atoms with E-state index in [1.54, 1.807) is 18.3 Å². The molecule has 0 aliphatic carbocycles. The SMILES string of the molecule is CN1CCN(c2nncc(Nc3ccc(Cl)cc3Cl)n2)CC1. The zero-order valence-electron chi connectivity index (χ0n) is 12.1. The first kappa shape index (κ1) is 15.3. The van der Waals surface area contributed by atoms with E-state index < -0.39 is 0 Å². The van der Waals surface area contributed by atoms with Crippen LogP contribution in [0.5, 0.6) is 0 Å². The molecule has 6 nitrogen and oxygen atoms in total. The van der Waals surface area contributed by atoms with Crippen LogP contribution in [-0.2, 0) is 0 Å². The molecule has 1 fully saturated rings. The Kier molecular flexibility index (Phi) is 4.61. The summed E-state index contributed by atoms with van der Waals surface area (Å²) in [6, 6.07) is 5.26. The molecule has 2 aromatic rings. The van der Waals surface area contributed by atoms with Gasteiger partial charge >= 0.3 is 0 Å². The molecule has 1 aromatic carbocycles. The molecule has 0 saturated carbocycles. The number of nitrogens with one attached hydrogen (secondary N) is 1. The summed E-state index contributed by atoms with van der Waals surface area (Å²) in [5.41, 5.74) is 0.732. The summed E-state index contributed by atoms with van der Waals surface area (Å²) in [7, 11) is 2.11. The summed E-state index contributed by atoms with van der Waals surface area (Å²) in [5.74, 6) is 1.23. The number of piperazine rings is 1. The molecule has 0 amide bonds. The Hall–Kier alpha value is -1.63. The van der Waals surface area contributed by atoms with E-state index in [2.05, 4.69) is 37.3 Å². The van der Waals surface area contributed by atoms with Crippen LogP contribution in [0.1, 0.15) is 0 Å². The molecule has 0 radical (unpaired) electrons. The zero-order valence-corrected chi connectivity index (χ0v) is 13.6. The Balaban J connectivity index is 1.76. The van der Waals surface area contributed by atoms with Crippen molar-refractivity contribution in [3.05, 3.63) is 34.4 Å². The van der Waals surface area contributed by atoms with Crippen LogP contribution in [0, 0.1) is 0 Å². The van der Waals surface area contributed by atoms with Crippen LogP contribution in [0.15, 0.2) is 24.4 Å². The maximum Gasteiger partial charge on any atom is 0.247 e. The van der Waals surface area contributed by atoms with E-state index in [9.17, 15) is 0 Å². The molecule has 116 valence electrons. The van der Waals surface area contributed by atoms with Gasteiger partial charge in [0.2, 0.25) is 5.95 Å². The van der Waals surface area contributed by atoms with Gasteiger partial charge in [0.15, 0.2) is 5.82 Å². The van der Waals surface area contributed by atoms with Gasteiger partial charge in [-0.05, 0) is 25.2 Å². The molecule has 2 heterocycles. The van der Waals surface area contributed by atoms with E-state index in [0.29, 0.717) is 21.8 Å². The minimum atomic E-state index is 0.534. The molecule has 1 aliphatic heterocycles. The highest BCUT2D eigenvalue weighted by Crippen LogP contribution is 2.27. The van der Waals surface area contributed by atoms with Gasteiger partial charge in [-0.15, -0.1) is 5.10 Å².